The molecule has 1 aromatic rings. The highest BCUT2D eigenvalue weighted by molar-refractivity contribution is 5.22. The van der Waals surface area contributed by atoms with Crippen LogP contribution in [-0.4, -0.2) is 35.2 Å². The van der Waals surface area contributed by atoms with Crippen molar-refractivity contribution >= 4 is 0 Å². The second kappa shape index (κ2) is 5.83. The van der Waals surface area contributed by atoms with E-state index in [-0.39, 0.29) is 0 Å². The fourth-order valence-electron chi connectivity index (χ4n) is 2.47. The molecule has 1 aliphatic rings. The van der Waals surface area contributed by atoms with E-state index in [1.807, 2.05) is 0 Å². The maximum atomic E-state index is 10.1. The molecular formula is C15H24N2O. The minimum atomic E-state index is -0.622. The summed E-state index contributed by atoms with van der Waals surface area (Å²) in [5, 5.41) is 10.1. The highest BCUT2D eigenvalue weighted by Gasteiger charge is 2.30. The minimum absolute atomic E-state index is 0.381. The van der Waals surface area contributed by atoms with E-state index in [4.69, 9.17) is 5.73 Å². The van der Waals surface area contributed by atoms with Crippen LogP contribution in [0.2, 0.25) is 0 Å². The molecule has 0 atom stereocenters. The molecule has 3 N–H and O–H groups in total. The van der Waals surface area contributed by atoms with Crippen LogP contribution in [0, 0.1) is 0 Å². The molecule has 1 fully saturated rings. The Balaban J connectivity index is 1.87. The summed E-state index contributed by atoms with van der Waals surface area (Å²) in [5.41, 5.74) is 7.71. The summed E-state index contributed by atoms with van der Waals surface area (Å²) in [6.07, 6.45) is 2.67. The van der Waals surface area contributed by atoms with E-state index in [9.17, 15) is 5.11 Å². The third-order valence-corrected chi connectivity index (χ3v) is 4.00. The van der Waals surface area contributed by atoms with Crippen LogP contribution in [0.4, 0.5) is 0 Å². The van der Waals surface area contributed by atoms with Crippen molar-refractivity contribution in [1.29, 1.82) is 0 Å². The van der Waals surface area contributed by atoms with Crippen LogP contribution in [-0.2, 0) is 13.0 Å². The molecule has 0 bridgehead atoms. The van der Waals surface area contributed by atoms with Crippen molar-refractivity contribution in [2.24, 2.45) is 5.73 Å². The Labute approximate surface area is 110 Å². The normalized spacial score (nSPS) is 19.9. The van der Waals surface area contributed by atoms with Crippen molar-refractivity contribution < 1.29 is 5.11 Å². The standard InChI is InChI=1S/C15H24N2O/c1-2-13-3-5-14(6-4-13)11-17-9-7-15(18,12-16)8-10-17/h3-6,18H,2,7-12,16H2,1H3. The van der Waals surface area contributed by atoms with Crippen molar-refractivity contribution in [2.45, 2.75) is 38.3 Å². The third kappa shape index (κ3) is 3.31. The highest BCUT2D eigenvalue weighted by atomic mass is 16.3. The molecule has 0 saturated carbocycles. The third-order valence-electron chi connectivity index (χ3n) is 4.00. The monoisotopic (exact) mass is 248 g/mol. The van der Waals surface area contributed by atoms with Crippen LogP contribution in [0.3, 0.4) is 0 Å². The molecule has 0 spiro atoms. The quantitative estimate of drug-likeness (QED) is 0.849. The predicted octanol–water partition coefficient (Wildman–Crippen LogP) is 1.53. The maximum absolute atomic E-state index is 10.1. The van der Waals surface area contributed by atoms with Gasteiger partial charge in [0.2, 0.25) is 0 Å². The number of benzene rings is 1. The molecule has 1 heterocycles. The van der Waals surface area contributed by atoms with Gasteiger partial charge in [-0.25, -0.2) is 0 Å². The molecule has 1 saturated heterocycles. The lowest BCUT2D eigenvalue weighted by Crippen LogP contribution is -2.48. The van der Waals surface area contributed by atoms with Gasteiger partial charge in [0.15, 0.2) is 0 Å². The van der Waals surface area contributed by atoms with Gasteiger partial charge < -0.3 is 10.8 Å². The Morgan fingerprint density at radius 3 is 2.22 bits per heavy atom. The summed E-state index contributed by atoms with van der Waals surface area (Å²) >= 11 is 0. The smallest absolute Gasteiger partial charge is 0.0793 e. The molecule has 0 amide bonds. The average molecular weight is 248 g/mol. The molecule has 0 unspecified atom stereocenters. The summed E-state index contributed by atoms with van der Waals surface area (Å²) in [4.78, 5) is 2.39. The lowest BCUT2D eigenvalue weighted by atomic mass is 9.91. The molecule has 18 heavy (non-hydrogen) atoms. The van der Waals surface area contributed by atoms with Gasteiger partial charge in [0.25, 0.3) is 0 Å². The van der Waals surface area contributed by atoms with Crippen LogP contribution in [0.1, 0.15) is 30.9 Å². The number of rotatable bonds is 4. The number of nitrogens with zero attached hydrogens (tertiary/aromatic N) is 1. The summed E-state index contributed by atoms with van der Waals surface area (Å²) in [5.74, 6) is 0. The number of aliphatic hydroxyl groups is 1. The van der Waals surface area contributed by atoms with Crippen molar-refractivity contribution in [3.8, 4) is 0 Å². The summed E-state index contributed by atoms with van der Waals surface area (Å²) in [7, 11) is 0. The van der Waals surface area contributed by atoms with Gasteiger partial charge in [0, 0.05) is 26.2 Å². The van der Waals surface area contributed by atoms with E-state index in [1.54, 1.807) is 0 Å². The van der Waals surface area contributed by atoms with E-state index in [0.29, 0.717) is 6.54 Å². The maximum Gasteiger partial charge on any atom is 0.0793 e. The largest absolute Gasteiger partial charge is 0.388 e. The number of hydrogen-bond acceptors (Lipinski definition) is 3. The van der Waals surface area contributed by atoms with E-state index in [0.717, 1.165) is 38.9 Å². The van der Waals surface area contributed by atoms with Crippen LogP contribution in [0.15, 0.2) is 24.3 Å². The van der Waals surface area contributed by atoms with Gasteiger partial charge in [0.05, 0.1) is 5.60 Å². The second-order valence-electron chi connectivity index (χ2n) is 5.37. The van der Waals surface area contributed by atoms with Gasteiger partial charge >= 0.3 is 0 Å². The van der Waals surface area contributed by atoms with Crippen LogP contribution in [0.5, 0.6) is 0 Å². The molecular weight excluding hydrogens is 224 g/mol. The van der Waals surface area contributed by atoms with Crippen LogP contribution >= 0.6 is 0 Å². The Kier molecular flexibility index (Phi) is 4.38. The van der Waals surface area contributed by atoms with Gasteiger partial charge in [-0.15, -0.1) is 0 Å². The van der Waals surface area contributed by atoms with Crippen LogP contribution < -0.4 is 5.73 Å². The number of piperidine rings is 1. The van der Waals surface area contributed by atoms with E-state index in [1.165, 1.54) is 11.1 Å². The number of likely N-dealkylation sites (tertiary alicyclic amines) is 1. The predicted molar refractivity (Wildman–Crippen MR) is 74.3 cm³/mol. The fraction of sp³-hybridized carbons (Fsp3) is 0.600. The van der Waals surface area contributed by atoms with E-state index in [2.05, 4.69) is 36.1 Å². The van der Waals surface area contributed by atoms with Gasteiger partial charge in [-0.05, 0) is 30.4 Å². The molecule has 3 nitrogen and oxygen atoms in total. The molecule has 0 radical (unpaired) electrons. The summed E-state index contributed by atoms with van der Waals surface area (Å²) in [6.45, 7) is 5.40. The first-order chi connectivity index (χ1) is 8.65. The van der Waals surface area contributed by atoms with Crippen molar-refractivity contribution in [1.82, 2.24) is 4.90 Å². The van der Waals surface area contributed by atoms with Crippen LogP contribution in [0.25, 0.3) is 0 Å². The number of hydrogen-bond donors (Lipinski definition) is 2. The molecule has 1 aromatic carbocycles. The summed E-state index contributed by atoms with van der Waals surface area (Å²) in [6, 6.07) is 8.83. The number of aryl methyl sites for hydroxylation is 1. The van der Waals surface area contributed by atoms with Crippen molar-refractivity contribution in [3.05, 3.63) is 35.4 Å². The summed E-state index contributed by atoms with van der Waals surface area (Å²) < 4.78 is 0. The minimum Gasteiger partial charge on any atom is -0.388 e. The fourth-order valence-corrected chi connectivity index (χ4v) is 2.47. The second-order valence-corrected chi connectivity index (χ2v) is 5.37. The molecule has 1 aliphatic heterocycles. The topological polar surface area (TPSA) is 49.5 Å². The first-order valence-corrected chi connectivity index (χ1v) is 6.88. The Morgan fingerprint density at radius 1 is 1.17 bits per heavy atom. The molecule has 0 aliphatic carbocycles. The lowest BCUT2D eigenvalue weighted by molar-refractivity contribution is -0.0153. The van der Waals surface area contributed by atoms with E-state index >= 15 is 0 Å². The first kappa shape index (κ1) is 13.5. The average Bonchev–Trinajstić information content (AvgIpc) is 2.42. The Bertz CT molecular complexity index is 367. The van der Waals surface area contributed by atoms with E-state index < -0.39 is 5.60 Å². The Hall–Kier alpha value is -0.900. The Morgan fingerprint density at radius 2 is 1.72 bits per heavy atom. The van der Waals surface area contributed by atoms with Crippen molar-refractivity contribution in [2.75, 3.05) is 19.6 Å². The lowest BCUT2D eigenvalue weighted by Gasteiger charge is -2.37. The van der Waals surface area contributed by atoms with Gasteiger partial charge in [0.1, 0.15) is 0 Å². The zero-order valence-electron chi connectivity index (χ0n) is 11.2. The van der Waals surface area contributed by atoms with Gasteiger partial charge in [-0.3, -0.25) is 4.90 Å². The number of nitrogens with two attached hydrogens (primary N) is 1. The molecule has 2 rings (SSSR count). The highest BCUT2D eigenvalue weighted by Crippen LogP contribution is 2.22. The first-order valence-electron chi connectivity index (χ1n) is 6.88. The van der Waals surface area contributed by atoms with Crippen molar-refractivity contribution in [3.63, 3.8) is 0 Å². The zero-order chi connectivity index (χ0) is 13.0. The molecule has 3 heteroatoms. The SMILES string of the molecule is CCc1ccc(CN2CCC(O)(CN)CC2)cc1. The van der Waals surface area contributed by atoms with Gasteiger partial charge in [-0.1, -0.05) is 31.2 Å². The van der Waals surface area contributed by atoms with Gasteiger partial charge in [-0.2, -0.15) is 0 Å². The molecule has 100 valence electrons. The molecule has 0 aromatic heterocycles. The zero-order valence-corrected chi connectivity index (χ0v) is 11.2.